The Kier molecular flexibility index (Phi) is 3.32. The number of hydrogen-bond donors (Lipinski definition) is 2. The average Bonchev–Trinajstić information content (AvgIpc) is 3.10. The molecule has 3 rings (SSSR count). The Balaban J connectivity index is 1.78. The minimum Gasteiger partial charge on any atom is -0.346 e. The molecular weight excluding hydrogens is 260 g/mol. The third kappa shape index (κ3) is 2.47. The second-order valence-corrected chi connectivity index (χ2v) is 4.79. The first-order chi connectivity index (χ1) is 9.74. The highest BCUT2D eigenvalue weighted by Gasteiger charge is 2.22. The van der Waals surface area contributed by atoms with Gasteiger partial charge in [0.2, 0.25) is 0 Å². The van der Waals surface area contributed by atoms with Crippen LogP contribution in [0.25, 0.3) is 11.5 Å². The summed E-state index contributed by atoms with van der Waals surface area (Å²) in [5.41, 5.74) is -0.0844. The van der Waals surface area contributed by atoms with Gasteiger partial charge in [-0.25, -0.2) is 0 Å². The lowest BCUT2D eigenvalue weighted by molar-refractivity contribution is 0.0924. The fourth-order valence-electron chi connectivity index (χ4n) is 2.34. The van der Waals surface area contributed by atoms with E-state index in [1.807, 2.05) is 0 Å². The summed E-state index contributed by atoms with van der Waals surface area (Å²) in [7, 11) is 0. The molecule has 0 bridgehead atoms. The number of aromatic nitrogens is 3. The van der Waals surface area contributed by atoms with Gasteiger partial charge in [0.25, 0.3) is 23.2 Å². The van der Waals surface area contributed by atoms with Gasteiger partial charge in [-0.1, -0.05) is 18.0 Å². The summed E-state index contributed by atoms with van der Waals surface area (Å²) in [4.78, 5) is 30.0. The van der Waals surface area contributed by atoms with Crippen molar-refractivity contribution in [2.45, 2.75) is 31.7 Å². The van der Waals surface area contributed by atoms with Crippen molar-refractivity contribution >= 4 is 5.91 Å². The number of aromatic amines is 1. The minimum absolute atomic E-state index is 0.0448. The summed E-state index contributed by atoms with van der Waals surface area (Å²) in [6.07, 6.45) is 5.73. The van der Waals surface area contributed by atoms with Gasteiger partial charge in [0.05, 0.1) is 0 Å². The fraction of sp³-hybridized carbons (Fsp3) is 0.385. The van der Waals surface area contributed by atoms with Crippen LogP contribution in [-0.4, -0.2) is 27.1 Å². The number of amides is 1. The van der Waals surface area contributed by atoms with Crippen LogP contribution in [0, 0.1) is 0 Å². The number of hydrogen-bond acceptors (Lipinski definition) is 5. The van der Waals surface area contributed by atoms with Crippen molar-refractivity contribution in [3.05, 3.63) is 34.5 Å². The molecule has 1 saturated carbocycles. The molecule has 0 atom stereocenters. The van der Waals surface area contributed by atoms with Crippen LogP contribution in [0.5, 0.6) is 0 Å². The third-order valence-electron chi connectivity index (χ3n) is 3.37. The zero-order valence-corrected chi connectivity index (χ0v) is 10.8. The van der Waals surface area contributed by atoms with Crippen molar-refractivity contribution in [3.63, 3.8) is 0 Å². The number of carbonyl (C=O) groups excluding carboxylic acids is 1. The maximum Gasteiger partial charge on any atom is 0.292 e. The van der Waals surface area contributed by atoms with Crippen molar-refractivity contribution in [1.29, 1.82) is 0 Å². The van der Waals surface area contributed by atoms with Crippen LogP contribution in [0.15, 0.2) is 27.6 Å². The molecule has 1 aliphatic rings. The van der Waals surface area contributed by atoms with Crippen LogP contribution >= 0.6 is 0 Å². The Morgan fingerprint density at radius 1 is 1.40 bits per heavy atom. The first kappa shape index (κ1) is 12.6. The quantitative estimate of drug-likeness (QED) is 0.872. The van der Waals surface area contributed by atoms with Gasteiger partial charge < -0.3 is 14.8 Å². The van der Waals surface area contributed by atoms with Crippen LogP contribution in [0.3, 0.4) is 0 Å². The van der Waals surface area contributed by atoms with E-state index in [1.54, 1.807) is 12.1 Å². The Hall–Kier alpha value is -2.44. The molecule has 2 heterocycles. The third-order valence-corrected chi connectivity index (χ3v) is 3.37. The van der Waals surface area contributed by atoms with E-state index in [1.165, 1.54) is 6.20 Å². The van der Waals surface area contributed by atoms with E-state index in [0.717, 1.165) is 25.7 Å². The van der Waals surface area contributed by atoms with Crippen molar-refractivity contribution in [1.82, 2.24) is 20.4 Å². The number of nitrogens with one attached hydrogen (secondary N) is 2. The highest BCUT2D eigenvalue weighted by Crippen LogP contribution is 2.18. The maximum atomic E-state index is 11.9. The van der Waals surface area contributed by atoms with Crippen molar-refractivity contribution in [2.75, 3.05) is 0 Å². The van der Waals surface area contributed by atoms with E-state index in [0.29, 0.717) is 0 Å². The lowest BCUT2D eigenvalue weighted by atomic mass is 10.2. The largest absolute Gasteiger partial charge is 0.346 e. The molecule has 0 saturated heterocycles. The SMILES string of the molecule is O=C(NC1CCCC1)c1noc(-c2ccc[nH]c2=O)n1. The second kappa shape index (κ2) is 5.28. The molecule has 0 spiro atoms. The molecule has 2 N–H and O–H groups in total. The lowest BCUT2D eigenvalue weighted by Crippen LogP contribution is -2.33. The van der Waals surface area contributed by atoms with E-state index < -0.39 is 0 Å². The molecule has 2 aromatic rings. The van der Waals surface area contributed by atoms with Gasteiger partial charge in [-0.05, 0) is 25.0 Å². The highest BCUT2D eigenvalue weighted by molar-refractivity contribution is 5.90. The zero-order valence-electron chi connectivity index (χ0n) is 10.8. The Bertz CT molecular complexity index is 670. The number of carbonyl (C=O) groups is 1. The van der Waals surface area contributed by atoms with Gasteiger partial charge in [-0.3, -0.25) is 9.59 Å². The van der Waals surface area contributed by atoms with Gasteiger partial charge >= 0.3 is 0 Å². The zero-order chi connectivity index (χ0) is 13.9. The molecule has 7 heteroatoms. The first-order valence-corrected chi connectivity index (χ1v) is 6.56. The normalized spacial score (nSPS) is 15.4. The molecule has 20 heavy (non-hydrogen) atoms. The summed E-state index contributed by atoms with van der Waals surface area (Å²) >= 11 is 0. The number of nitrogens with zero attached hydrogens (tertiary/aromatic N) is 2. The lowest BCUT2D eigenvalue weighted by Gasteiger charge is -2.08. The minimum atomic E-state index is -0.362. The molecule has 7 nitrogen and oxygen atoms in total. The van der Waals surface area contributed by atoms with E-state index in [9.17, 15) is 9.59 Å². The van der Waals surface area contributed by atoms with Crippen molar-refractivity contribution < 1.29 is 9.32 Å². The van der Waals surface area contributed by atoms with Gasteiger partial charge in [-0.15, -0.1) is 0 Å². The van der Waals surface area contributed by atoms with Crippen LogP contribution in [0.4, 0.5) is 0 Å². The molecular formula is C13H14N4O3. The Morgan fingerprint density at radius 3 is 2.95 bits per heavy atom. The van der Waals surface area contributed by atoms with Crippen LogP contribution in [-0.2, 0) is 0 Å². The molecule has 0 aromatic carbocycles. The molecule has 0 radical (unpaired) electrons. The second-order valence-electron chi connectivity index (χ2n) is 4.79. The summed E-state index contributed by atoms with van der Waals surface area (Å²) in [5, 5.41) is 6.49. The van der Waals surface area contributed by atoms with E-state index >= 15 is 0 Å². The molecule has 1 aliphatic carbocycles. The van der Waals surface area contributed by atoms with Crippen molar-refractivity contribution in [3.8, 4) is 11.5 Å². The summed E-state index contributed by atoms with van der Waals surface area (Å²) in [6, 6.07) is 3.40. The Labute approximate surface area is 114 Å². The molecule has 0 aliphatic heterocycles. The van der Waals surface area contributed by atoms with Gasteiger partial charge in [0.1, 0.15) is 5.56 Å². The maximum absolute atomic E-state index is 11.9. The fourth-order valence-corrected chi connectivity index (χ4v) is 2.34. The van der Waals surface area contributed by atoms with Gasteiger partial charge in [-0.2, -0.15) is 4.98 Å². The molecule has 1 fully saturated rings. The molecule has 2 aromatic heterocycles. The average molecular weight is 274 g/mol. The van der Waals surface area contributed by atoms with Crippen LogP contribution in [0.1, 0.15) is 36.3 Å². The highest BCUT2D eigenvalue weighted by atomic mass is 16.5. The van der Waals surface area contributed by atoms with E-state index in [-0.39, 0.29) is 34.8 Å². The monoisotopic (exact) mass is 274 g/mol. The number of rotatable bonds is 3. The standard InChI is InChI=1S/C13H14N4O3/c18-11-9(6-3-7-14-11)13-16-10(17-20-13)12(19)15-8-4-1-2-5-8/h3,6-8H,1-2,4-5H2,(H,14,18)(H,15,19). The Morgan fingerprint density at radius 2 is 2.20 bits per heavy atom. The smallest absolute Gasteiger partial charge is 0.292 e. The predicted octanol–water partition coefficient (Wildman–Crippen LogP) is 1.10. The van der Waals surface area contributed by atoms with Gasteiger partial charge in [0, 0.05) is 12.2 Å². The number of H-pyrrole nitrogens is 1. The number of pyridine rings is 1. The summed E-state index contributed by atoms with van der Waals surface area (Å²) < 4.78 is 4.98. The van der Waals surface area contributed by atoms with E-state index in [4.69, 9.17) is 4.52 Å². The van der Waals surface area contributed by atoms with E-state index in [2.05, 4.69) is 20.4 Å². The summed E-state index contributed by atoms with van der Waals surface area (Å²) in [6.45, 7) is 0. The molecule has 0 unspecified atom stereocenters. The molecule has 104 valence electrons. The molecule has 1 amide bonds. The van der Waals surface area contributed by atoms with Crippen molar-refractivity contribution in [2.24, 2.45) is 0 Å². The van der Waals surface area contributed by atoms with Gasteiger partial charge in [0.15, 0.2) is 0 Å². The topological polar surface area (TPSA) is 101 Å². The van der Waals surface area contributed by atoms with Crippen LogP contribution < -0.4 is 10.9 Å². The summed E-state index contributed by atoms with van der Waals surface area (Å²) in [5.74, 6) is -0.363. The van der Waals surface area contributed by atoms with Crippen LogP contribution in [0.2, 0.25) is 0 Å². The predicted molar refractivity (Wildman–Crippen MR) is 70.1 cm³/mol. The first-order valence-electron chi connectivity index (χ1n) is 6.56.